The first-order valence-corrected chi connectivity index (χ1v) is 2.66. The highest BCUT2D eigenvalue weighted by Crippen LogP contribution is 2.29. The molecule has 0 amide bonds. The molecule has 1 rings (SSSR count). The van der Waals surface area contributed by atoms with Crippen LogP contribution in [-0.4, -0.2) is 9.97 Å². The van der Waals surface area contributed by atoms with Crippen LogP contribution in [0.3, 0.4) is 0 Å². The summed E-state index contributed by atoms with van der Waals surface area (Å²) < 4.78 is 59.4. The lowest BCUT2D eigenvalue weighted by atomic mass is 10.3. The van der Waals surface area contributed by atoms with Crippen LogP contribution in [0.25, 0.3) is 0 Å². The third kappa shape index (κ3) is 1.66. The van der Waals surface area contributed by atoms with Crippen LogP contribution in [-0.2, 0) is 6.18 Å². The first-order valence-electron chi connectivity index (χ1n) is 2.66. The van der Waals surface area contributed by atoms with Gasteiger partial charge in [0.1, 0.15) is 5.56 Å². The van der Waals surface area contributed by atoms with Crippen molar-refractivity contribution in [3.05, 3.63) is 23.8 Å². The maximum absolute atomic E-state index is 12.2. The molecule has 0 aliphatic carbocycles. The minimum atomic E-state index is -4.89. The third-order valence-electron chi connectivity index (χ3n) is 1.02. The molecule has 2 nitrogen and oxygen atoms in total. The van der Waals surface area contributed by atoms with Gasteiger partial charge in [0.25, 0.3) is 0 Å². The maximum atomic E-state index is 12.2. The van der Waals surface area contributed by atoms with E-state index in [0.717, 1.165) is 0 Å². The predicted molar refractivity (Wildman–Crippen MR) is 26.9 cm³/mol. The first-order chi connectivity index (χ1) is 5.41. The third-order valence-corrected chi connectivity index (χ3v) is 1.02. The molecule has 1 heterocycles. The van der Waals surface area contributed by atoms with Gasteiger partial charge in [-0.25, -0.2) is 4.98 Å². The van der Waals surface area contributed by atoms with Crippen molar-refractivity contribution in [3.63, 3.8) is 0 Å². The number of aromatic nitrogens is 2. The zero-order valence-electron chi connectivity index (χ0n) is 5.36. The Morgan fingerprint density at radius 2 is 1.75 bits per heavy atom. The summed E-state index contributed by atoms with van der Waals surface area (Å²) in [5, 5.41) is 0. The average molecular weight is 184 g/mol. The van der Waals surface area contributed by atoms with E-state index in [1.54, 1.807) is 0 Å². The van der Waals surface area contributed by atoms with Crippen molar-refractivity contribution in [3.8, 4) is 0 Å². The van der Waals surface area contributed by atoms with E-state index in [-0.39, 0.29) is 6.20 Å². The predicted octanol–water partition coefficient (Wildman–Crippen LogP) is 1.77. The first kappa shape index (κ1) is 8.82. The van der Waals surface area contributed by atoms with Gasteiger partial charge >= 0.3 is 12.3 Å². The van der Waals surface area contributed by atoms with Crippen molar-refractivity contribution in [2.75, 3.05) is 0 Å². The largest absolute Gasteiger partial charge is 0.422 e. The second-order valence-corrected chi connectivity index (χ2v) is 1.84. The van der Waals surface area contributed by atoms with Crippen LogP contribution in [0.15, 0.2) is 6.20 Å². The van der Waals surface area contributed by atoms with Crippen molar-refractivity contribution in [1.82, 2.24) is 9.97 Å². The summed E-state index contributed by atoms with van der Waals surface area (Å²) in [5.74, 6) is -1.91. The van der Waals surface area contributed by atoms with E-state index in [1.807, 2.05) is 0 Å². The molecular formula is C5HF5N2. The van der Waals surface area contributed by atoms with Crippen LogP contribution in [0.4, 0.5) is 22.0 Å². The maximum Gasteiger partial charge on any atom is 0.422 e. The highest BCUT2D eigenvalue weighted by Gasteiger charge is 2.35. The highest BCUT2D eigenvalue weighted by molar-refractivity contribution is 5.09. The fourth-order valence-corrected chi connectivity index (χ4v) is 0.531. The molecular weight excluding hydrogens is 183 g/mol. The van der Waals surface area contributed by atoms with Gasteiger partial charge in [-0.1, -0.05) is 0 Å². The Balaban J connectivity index is 3.19. The molecule has 0 radical (unpaired) electrons. The summed E-state index contributed by atoms with van der Waals surface area (Å²) in [5.41, 5.74) is -1.68. The molecule has 66 valence electrons. The molecule has 0 unspecified atom stereocenters. The highest BCUT2D eigenvalue weighted by atomic mass is 19.4. The van der Waals surface area contributed by atoms with E-state index >= 15 is 0 Å². The molecule has 0 aromatic carbocycles. The molecule has 0 saturated heterocycles. The lowest BCUT2D eigenvalue weighted by Crippen LogP contribution is -2.11. The minimum Gasteiger partial charge on any atom is -0.210 e. The van der Waals surface area contributed by atoms with Crippen LogP contribution in [0, 0.1) is 12.0 Å². The van der Waals surface area contributed by atoms with Crippen molar-refractivity contribution < 1.29 is 22.0 Å². The molecule has 0 fully saturated rings. The molecule has 0 saturated carbocycles. The summed E-state index contributed by atoms with van der Waals surface area (Å²) in [4.78, 5) is 4.84. The van der Waals surface area contributed by atoms with E-state index in [2.05, 4.69) is 9.97 Å². The molecule has 7 heteroatoms. The van der Waals surface area contributed by atoms with Gasteiger partial charge in [-0.2, -0.15) is 26.9 Å². The second kappa shape index (κ2) is 2.65. The van der Waals surface area contributed by atoms with Crippen molar-refractivity contribution in [2.24, 2.45) is 0 Å². The molecule has 0 atom stereocenters. The lowest BCUT2D eigenvalue weighted by molar-refractivity contribution is -0.140. The molecule has 12 heavy (non-hydrogen) atoms. The zero-order chi connectivity index (χ0) is 9.35. The topological polar surface area (TPSA) is 25.8 Å². The summed E-state index contributed by atoms with van der Waals surface area (Å²) in [7, 11) is 0. The van der Waals surface area contributed by atoms with Crippen LogP contribution < -0.4 is 0 Å². The lowest BCUT2D eigenvalue weighted by Gasteiger charge is -2.04. The molecule has 0 aliphatic heterocycles. The number of halogens is 5. The number of rotatable bonds is 0. The molecule has 1 aromatic heterocycles. The number of nitrogens with zero attached hydrogens (tertiary/aromatic N) is 2. The smallest absolute Gasteiger partial charge is 0.210 e. The summed E-state index contributed by atoms with van der Waals surface area (Å²) in [6.45, 7) is 0. The van der Waals surface area contributed by atoms with Gasteiger partial charge in [0.2, 0.25) is 5.95 Å². The Morgan fingerprint density at radius 1 is 1.17 bits per heavy atom. The van der Waals surface area contributed by atoms with Gasteiger partial charge in [-0.15, -0.1) is 0 Å². The van der Waals surface area contributed by atoms with Crippen LogP contribution >= 0.6 is 0 Å². The van der Waals surface area contributed by atoms with E-state index in [0.29, 0.717) is 0 Å². The van der Waals surface area contributed by atoms with Gasteiger partial charge in [0, 0.05) is 6.20 Å². The molecule has 0 bridgehead atoms. The monoisotopic (exact) mass is 184 g/mol. The minimum absolute atomic E-state index is 0.0532. The van der Waals surface area contributed by atoms with Gasteiger partial charge < -0.3 is 0 Å². The van der Waals surface area contributed by atoms with Crippen molar-refractivity contribution >= 4 is 0 Å². The van der Waals surface area contributed by atoms with E-state index < -0.39 is 23.8 Å². The van der Waals surface area contributed by atoms with Gasteiger partial charge in [0.05, 0.1) is 0 Å². The van der Waals surface area contributed by atoms with Crippen LogP contribution in [0.1, 0.15) is 5.56 Å². The SMILES string of the molecule is Fc1ncc(C(F)(F)F)c(F)n1. The molecule has 1 aromatic rings. The van der Waals surface area contributed by atoms with Gasteiger partial charge in [-0.3, -0.25) is 0 Å². The van der Waals surface area contributed by atoms with E-state index in [9.17, 15) is 22.0 Å². The molecule has 0 aliphatic rings. The number of alkyl halides is 3. The number of hydrogen-bond acceptors (Lipinski definition) is 2. The Bertz CT molecular complexity index is 294. The fraction of sp³-hybridized carbons (Fsp3) is 0.200. The van der Waals surface area contributed by atoms with Crippen molar-refractivity contribution in [1.29, 1.82) is 0 Å². The van der Waals surface area contributed by atoms with Crippen LogP contribution in [0.5, 0.6) is 0 Å². The van der Waals surface area contributed by atoms with Crippen molar-refractivity contribution in [2.45, 2.75) is 6.18 Å². The van der Waals surface area contributed by atoms with E-state index in [4.69, 9.17) is 0 Å². The fourth-order valence-electron chi connectivity index (χ4n) is 0.531. The quantitative estimate of drug-likeness (QED) is 0.349. The van der Waals surface area contributed by atoms with Gasteiger partial charge in [0.15, 0.2) is 0 Å². The Labute approximate surface area is 63.1 Å². The summed E-state index contributed by atoms with van der Waals surface area (Å²) in [6.07, 6.45) is -6.37. The summed E-state index contributed by atoms with van der Waals surface area (Å²) >= 11 is 0. The molecule has 0 spiro atoms. The van der Waals surface area contributed by atoms with Gasteiger partial charge in [-0.05, 0) is 0 Å². The average Bonchev–Trinajstić information content (AvgIpc) is 1.83. The zero-order valence-corrected chi connectivity index (χ0v) is 5.36. The van der Waals surface area contributed by atoms with Crippen LogP contribution in [0.2, 0.25) is 0 Å². The Kier molecular flexibility index (Phi) is 1.95. The number of hydrogen-bond donors (Lipinski definition) is 0. The molecule has 0 N–H and O–H groups in total. The normalized spacial score (nSPS) is 11.8. The standard InChI is InChI=1S/C5HF5N2/c6-3-2(5(8,9)10)1-11-4(7)12-3/h1H. The Hall–Kier alpha value is -1.27. The second-order valence-electron chi connectivity index (χ2n) is 1.84. The Morgan fingerprint density at radius 3 is 2.17 bits per heavy atom. The van der Waals surface area contributed by atoms with E-state index in [1.165, 1.54) is 0 Å². The summed E-state index contributed by atoms with van der Waals surface area (Å²) in [6, 6.07) is 0.